The third-order valence-corrected chi connectivity index (χ3v) is 4.10. The lowest BCUT2D eigenvalue weighted by atomic mass is 10.1. The summed E-state index contributed by atoms with van der Waals surface area (Å²) < 4.78 is 1.88. The van der Waals surface area contributed by atoms with Crippen molar-refractivity contribution in [3.05, 3.63) is 40.9 Å². The van der Waals surface area contributed by atoms with Crippen LogP contribution in [-0.2, 0) is 13.6 Å². The summed E-state index contributed by atoms with van der Waals surface area (Å²) in [4.78, 5) is 4.69. The van der Waals surface area contributed by atoms with Crippen LogP contribution in [0.15, 0.2) is 24.3 Å². The number of benzene rings is 1. The molecule has 0 atom stereocenters. The van der Waals surface area contributed by atoms with Gasteiger partial charge in [-0.25, -0.2) is 4.98 Å². The summed E-state index contributed by atoms with van der Waals surface area (Å²) in [6.45, 7) is 0.663. The first-order chi connectivity index (χ1) is 9.72. The molecule has 0 unspecified atom stereocenters. The van der Waals surface area contributed by atoms with Crippen LogP contribution in [0, 0.1) is 0 Å². The molecule has 1 aromatic heterocycles. The highest BCUT2D eigenvalue weighted by molar-refractivity contribution is 6.30. The number of aromatic nitrogens is 3. The zero-order valence-electron chi connectivity index (χ0n) is 11.6. The maximum absolute atomic E-state index is 5.97. The van der Waals surface area contributed by atoms with Crippen molar-refractivity contribution < 1.29 is 0 Å². The van der Waals surface area contributed by atoms with Crippen LogP contribution in [-0.4, -0.2) is 14.8 Å². The highest BCUT2D eigenvalue weighted by atomic mass is 35.5. The first-order valence-electron chi connectivity index (χ1n) is 7.11. The Labute approximate surface area is 124 Å². The minimum Gasteiger partial charge on any atom is -0.378 e. The summed E-state index contributed by atoms with van der Waals surface area (Å²) in [5, 5.41) is 8.64. The standard InChI is InChI=1S/C15H19ClN4/c1-20-14(10-17-13-8-4-7-12(16)9-13)18-15(19-20)11-5-2-3-6-11/h4,7-9,11,17H,2-3,5-6,10H2,1H3. The van der Waals surface area contributed by atoms with Gasteiger partial charge in [0, 0.05) is 23.7 Å². The van der Waals surface area contributed by atoms with Crippen LogP contribution in [0.25, 0.3) is 0 Å². The van der Waals surface area contributed by atoms with E-state index >= 15 is 0 Å². The van der Waals surface area contributed by atoms with Gasteiger partial charge in [0.1, 0.15) is 5.82 Å². The van der Waals surface area contributed by atoms with E-state index in [1.54, 1.807) is 0 Å². The van der Waals surface area contributed by atoms with Crippen molar-refractivity contribution in [2.24, 2.45) is 7.05 Å². The molecule has 1 fully saturated rings. The third kappa shape index (κ3) is 2.96. The number of nitrogens with one attached hydrogen (secondary N) is 1. The summed E-state index contributed by atoms with van der Waals surface area (Å²) in [7, 11) is 1.96. The molecule has 0 bridgehead atoms. The topological polar surface area (TPSA) is 42.7 Å². The van der Waals surface area contributed by atoms with Crippen LogP contribution in [0.3, 0.4) is 0 Å². The van der Waals surface area contributed by atoms with Crippen LogP contribution >= 0.6 is 11.6 Å². The second-order valence-electron chi connectivity index (χ2n) is 5.36. The molecule has 3 rings (SSSR count). The Morgan fingerprint density at radius 3 is 2.90 bits per heavy atom. The Morgan fingerprint density at radius 1 is 1.35 bits per heavy atom. The average molecular weight is 291 g/mol. The summed E-state index contributed by atoms with van der Waals surface area (Å²) in [5.74, 6) is 2.53. The van der Waals surface area contributed by atoms with Crippen molar-refractivity contribution in [1.82, 2.24) is 14.8 Å². The predicted octanol–water partition coefficient (Wildman–Crippen LogP) is 3.74. The molecule has 0 spiro atoms. The predicted molar refractivity (Wildman–Crippen MR) is 81.0 cm³/mol. The van der Waals surface area contributed by atoms with Crippen molar-refractivity contribution >= 4 is 17.3 Å². The molecule has 1 aromatic carbocycles. The average Bonchev–Trinajstić information content (AvgIpc) is 3.06. The number of aryl methyl sites for hydroxylation is 1. The monoisotopic (exact) mass is 290 g/mol. The Bertz CT molecular complexity index is 587. The van der Waals surface area contributed by atoms with Crippen molar-refractivity contribution in [1.29, 1.82) is 0 Å². The lowest BCUT2D eigenvalue weighted by Gasteiger charge is -2.05. The van der Waals surface area contributed by atoms with Gasteiger partial charge >= 0.3 is 0 Å². The molecule has 1 heterocycles. The van der Waals surface area contributed by atoms with Crippen LogP contribution in [0.5, 0.6) is 0 Å². The Balaban J connectivity index is 1.68. The van der Waals surface area contributed by atoms with E-state index in [1.165, 1.54) is 25.7 Å². The maximum Gasteiger partial charge on any atom is 0.154 e. The molecule has 1 N–H and O–H groups in total. The van der Waals surface area contributed by atoms with E-state index in [-0.39, 0.29) is 0 Å². The Morgan fingerprint density at radius 2 is 2.15 bits per heavy atom. The fraction of sp³-hybridized carbons (Fsp3) is 0.467. The molecule has 0 aliphatic heterocycles. The van der Waals surface area contributed by atoms with Gasteiger partial charge in [-0.15, -0.1) is 0 Å². The molecule has 1 saturated carbocycles. The second kappa shape index (κ2) is 5.83. The smallest absolute Gasteiger partial charge is 0.154 e. The largest absolute Gasteiger partial charge is 0.378 e. The minimum absolute atomic E-state index is 0.557. The Kier molecular flexibility index (Phi) is 3.92. The van der Waals surface area contributed by atoms with Gasteiger partial charge in [0.2, 0.25) is 0 Å². The molecule has 1 aliphatic rings. The maximum atomic E-state index is 5.97. The zero-order valence-corrected chi connectivity index (χ0v) is 12.4. The van der Waals surface area contributed by atoms with Crippen molar-refractivity contribution in [2.75, 3.05) is 5.32 Å². The van der Waals surface area contributed by atoms with E-state index in [2.05, 4.69) is 15.4 Å². The van der Waals surface area contributed by atoms with E-state index in [0.717, 1.165) is 22.4 Å². The van der Waals surface area contributed by atoms with Gasteiger partial charge in [0.05, 0.1) is 6.54 Å². The SMILES string of the molecule is Cn1nc(C2CCCC2)nc1CNc1cccc(Cl)c1. The summed E-state index contributed by atoms with van der Waals surface area (Å²) in [5.41, 5.74) is 1.00. The number of halogens is 1. The zero-order chi connectivity index (χ0) is 13.9. The minimum atomic E-state index is 0.557. The molecule has 20 heavy (non-hydrogen) atoms. The molecule has 2 aromatic rings. The van der Waals surface area contributed by atoms with E-state index < -0.39 is 0 Å². The van der Waals surface area contributed by atoms with Gasteiger partial charge in [-0.3, -0.25) is 4.68 Å². The molecule has 4 nitrogen and oxygen atoms in total. The van der Waals surface area contributed by atoms with E-state index in [4.69, 9.17) is 11.6 Å². The number of hydrogen-bond donors (Lipinski definition) is 1. The fourth-order valence-electron chi connectivity index (χ4n) is 2.73. The quantitative estimate of drug-likeness (QED) is 0.933. The van der Waals surface area contributed by atoms with Gasteiger partial charge in [-0.1, -0.05) is 30.5 Å². The van der Waals surface area contributed by atoms with Crippen molar-refractivity contribution in [3.8, 4) is 0 Å². The first-order valence-corrected chi connectivity index (χ1v) is 7.49. The van der Waals surface area contributed by atoms with Gasteiger partial charge < -0.3 is 5.32 Å². The summed E-state index contributed by atoms with van der Waals surface area (Å²) in [6.07, 6.45) is 5.06. The molecule has 106 valence electrons. The molecule has 5 heteroatoms. The van der Waals surface area contributed by atoms with Crippen molar-refractivity contribution in [2.45, 2.75) is 38.1 Å². The van der Waals surface area contributed by atoms with Gasteiger partial charge in [0.25, 0.3) is 0 Å². The van der Waals surface area contributed by atoms with Gasteiger partial charge in [0.15, 0.2) is 5.82 Å². The molecule has 0 radical (unpaired) electrons. The lowest BCUT2D eigenvalue weighted by Crippen LogP contribution is -2.06. The molecule has 1 aliphatic carbocycles. The van der Waals surface area contributed by atoms with Crippen LogP contribution in [0.2, 0.25) is 5.02 Å². The van der Waals surface area contributed by atoms with Crippen molar-refractivity contribution in [3.63, 3.8) is 0 Å². The number of rotatable bonds is 4. The number of nitrogens with zero attached hydrogens (tertiary/aromatic N) is 3. The highest BCUT2D eigenvalue weighted by Crippen LogP contribution is 2.32. The normalized spacial score (nSPS) is 15.7. The highest BCUT2D eigenvalue weighted by Gasteiger charge is 2.22. The lowest BCUT2D eigenvalue weighted by molar-refractivity contribution is 0.643. The molecule has 0 amide bonds. The van der Waals surface area contributed by atoms with Crippen LogP contribution in [0.1, 0.15) is 43.3 Å². The van der Waals surface area contributed by atoms with Crippen LogP contribution < -0.4 is 5.32 Å². The van der Waals surface area contributed by atoms with E-state index in [1.807, 2.05) is 36.0 Å². The number of anilines is 1. The summed E-state index contributed by atoms with van der Waals surface area (Å²) >= 11 is 5.97. The fourth-order valence-corrected chi connectivity index (χ4v) is 2.92. The van der Waals surface area contributed by atoms with E-state index in [9.17, 15) is 0 Å². The Hall–Kier alpha value is -1.55. The first kappa shape index (κ1) is 13.4. The molecular weight excluding hydrogens is 272 g/mol. The van der Waals surface area contributed by atoms with Gasteiger partial charge in [-0.05, 0) is 31.0 Å². The number of hydrogen-bond acceptors (Lipinski definition) is 3. The second-order valence-corrected chi connectivity index (χ2v) is 5.79. The van der Waals surface area contributed by atoms with Crippen LogP contribution in [0.4, 0.5) is 5.69 Å². The summed E-state index contributed by atoms with van der Waals surface area (Å²) in [6, 6.07) is 7.72. The van der Waals surface area contributed by atoms with Gasteiger partial charge in [-0.2, -0.15) is 5.10 Å². The third-order valence-electron chi connectivity index (χ3n) is 3.87. The molecular formula is C15H19ClN4. The van der Waals surface area contributed by atoms with E-state index in [0.29, 0.717) is 12.5 Å². The molecule has 0 saturated heterocycles.